The van der Waals surface area contributed by atoms with Gasteiger partial charge in [-0.2, -0.15) is 0 Å². The molecule has 1 aliphatic rings. The summed E-state index contributed by atoms with van der Waals surface area (Å²) in [6.45, 7) is 0. The quantitative estimate of drug-likeness (QED) is 0.832. The SMILES string of the molecule is O=C(Nc1ccc(-c2ccccc2)cc1)[C@@H]1CC1(Cl)Cl. The first-order valence-electron chi connectivity index (χ1n) is 6.40. The van der Waals surface area contributed by atoms with Crippen molar-refractivity contribution >= 4 is 34.8 Å². The molecule has 1 fully saturated rings. The highest BCUT2D eigenvalue weighted by Gasteiger charge is 2.56. The summed E-state index contributed by atoms with van der Waals surface area (Å²) in [5.74, 6) is -0.429. The molecule has 2 aromatic rings. The van der Waals surface area contributed by atoms with E-state index in [9.17, 15) is 4.79 Å². The Morgan fingerprint density at radius 2 is 1.55 bits per heavy atom. The van der Waals surface area contributed by atoms with Crippen molar-refractivity contribution < 1.29 is 4.79 Å². The van der Waals surface area contributed by atoms with E-state index in [4.69, 9.17) is 23.2 Å². The highest BCUT2D eigenvalue weighted by Crippen LogP contribution is 2.53. The van der Waals surface area contributed by atoms with Crippen molar-refractivity contribution in [2.75, 3.05) is 5.32 Å². The van der Waals surface area contributed by atoms with Gasteiger partial charge in [-0.15, -0.1) is 23.2 Å². The van der Waals surface area contributed by atoms with Gasteiger partial charge >= 0.3 is 0 Å². The molecule has 2 nitrogen and oxygen atoms in total. The lowest BCUT2D eigenvalue weighted by Gasteiger charge is -2.07. The average molecular weight is 306 g/mol. The predicted octanol–water partition coefficient (Wildman–Crippen LogP) is 4.49. The minimum atomic E-state index is -0.881. The van der Waals surface area contributed by atoms with Gasteiger partial charge in [0.15, 0.2) is 0 Å². The van der Waals surface area contributed by atoms with Crippen LogP contribution in [0, 0.1) is 5.92 Å². The zero-order valence-corrected chi connectivity index (χ0v) is 12.2. The second-order valence-corrected chi connectivity index (χ2v) is 6.49. The van der Waals surface area contributed by atoms with E-state index < -0.39 is 4.33 Å². The van der Waals surface area contributed by atoms with Crippen molar-refractivity contribution in [1.29, 1.82) is 0 Å². The largest absolute Gasteiger partial charge is 0.326 e. The molecular formula is C16H13Cl2NO. The molecule has 3 rings (SSSR count). The van der Waals surface area contributed by atoms with Crippen LogP contribution in [-0.2, 0) is 4.79 Å². The van der Waals surface area contributed by atoms with Gasteiger partial charge in [0, 0.05) is 5.69 Å². The number of hydrogen-bond acceptors (Lipinski definition) is 1. The third-order valence-corrected chi connectivity index (χ3v) is 4.24. The van der Waals surface area contributed by atoms with Crippen molar-refractivity contribution in [1.82, 2.24) is 0 Å². The van der Waals surface area contributed by atoms with Crippen LogP contribution in [0.25, 0.3) is 11.1 Å². The van der Waals surface area contributed by atoms with E-state index in [1.54, 1.807) is 0 Å². The molecule has 102 valence electrons. The number of benzene rings is 2. The van der Waals surface area contributed by atoms with Gasteiger partial charge in [-0.1, -0.05) is 42.5 Å². The Bertz CT molecular complexity index is 623. The standard InChI is InChI=1S/C16H13Cl2NO/c17-16(18)10-14(16)15(20)19-13-8-6-12(7-9-13)11-4-2-1-3-5-11/h1-9,14H,10H2,(H,19,20)/t14-/m0/s1. The van der Waals surface area contributed by atoms with Crippen molar-refractivity contribution in [3.8, 4) is 11.1 Å². The number of anilines is 1. The Labute approximate surface area is 127 Å². The molecule has 2 aromatic carbocycles. The summed E-state index contributed by atoms with van der Waals surface area (Å²) in [6, 6.07) is 17.8. The van der Waals surface area contributed by atoms with Crippen LogP contribution < -0.4 is 5.32 Å². The van der Waals surface area contributed by atoms with Gasteiger partial charge in [-0.25, -0.2) is 0 Å². The summed E-state index contributed by atoms with van der Waals surface area (Å²) in [4.78, 5) is 11.9. The van der Waals surface area contributed by atoms with E-state index in [0.717, 1.165) is 16.8 Å². The highest BCUT2D eigenvalue weighted by atomic mass is 35.5. The smallest absolute Gasteiger partial charge is 0.230 e. The molecular weight excluding hydrogens is 293 g/mol. The lowest BCUT2D eigenvalue weighted by molar-refractivity contribution is -0.117. The third-order valence-electron chi connectivity index (χ3n) is 3.40. The first-order chi connectivity index (χ1) is 9.56. The number of amides is 1. The molecule has 0 saturated heterocycles. The Morgan fingerprint density at radius 1 is 1.00 bits per heavy atom. The number of nitrogens with one attached hydrogen (secondary N) is 1. The van der Waals surface area contributed by atoms with Gasteiger partial charge in [0.2, 0.25) is 5.91 Å². The summed E-state index contributed by atoms with van der Waals surface area (Å²) in [7, 11) is 0. The molecule has 0 aromatic heterocycles. The van der Waals surface area contributed by atoms with E-state index >= 15 is 0 Å². The van der Waals surface area contributed by atoms with Crippen molar-refractivity contribution in [3.05, 3.63) is 54.6 Å². The predicted molar refractivity (Wildman–Crippen MR) is 83.1 cm³/mol. The Balaban J connectivity index is 1.69. The van der Waals surface area contributed by atoms with E-state index in [1.165, 1.54) is 0 Å². The Hall–Kier alpha value is -1.51. The molecule has 0 heterocycles. The zero-order chi connectivity index (χ0) is 14.2. The van der Waals surface area contributed by atoms with Gasteiger partial charge in [0.05, 0.1) is 5.92 Å². The Morgan fingerprint density at radius 3 is 2.10 bits per heavy atom. The molecule has 1 atom stereocenters. The molecule has 1 saturated carbocycles. The van der Waals surface area contributed by atoms with Crippen LogP contribution >= 0.6 is 23.2 Å². The van der Waals surface area contributed by atoms with Crippen LogP contribution in [0.3, 0.4) is 0 Å². The molecule has 1 aliphatic carbocycles. The second kappa shape index (κ2) is 5.12. The van der Waals surface area contributed by atoms with Crippen LogP contribution in [0.4, 0.5) is 5.69 Å². The van der Waals surface area contributed by atoms with E-state index in [2.05, 4.69) is 5.32 Å². The molecule has 0 radical (unpaired) electrons. The number of alkyl halides is 2. The molecule has 4 heteroatoms. The van der Waals surface area contributed by atoms with E-state index in [-0.39, 0.29) is 11.8 Å². The highest BCUT2D eigenvalue weighted by molar-refractivity contribution is 6.52. The number of carbonyl (C=O) groups is 1. The maximum Gasteiger partial charge on any atom is 0.230 e. The number of rotatable bonds is 3. The molecule has 0 spiro atoms. The van der Waals surface area contributed by atoms with Crippen LogP contribution in [-0.4, -0.2) is 10.2 Å². The van der Waals surface area contributed by atoms with Gasteiger partial charge in [0.1, 0.15) is 4.33 Å². The minimum Gasteiger partial charge on any atom is -0.326 e. The average Bonchev–Trinajstić information content (AvgIpc) is 3.10. The fourth-order valence-electron chi connectivity index (χ4n) is 2.10. The van der Waals surface area contributed by atoms with Gasteiger partial charge < -0.3 is 5.32 Å². The second-order valence-electron chi connectivity index (χ2n) is 4.95. The summed E-state index contributed by atoms with van der Waals surface area (Å²) in [5, 5.41) is 2.83. The Kier molecular flexibility index (Phi) is 3.45. The monoisotopic (exact) mass is 305 g/mol. The first-order valence-corrected chi connectivity index (χ1v) is 7.16. The molecule has 0 aliphatic heterocycles. The molecule has 0 bridgehead atoms. The maximum atomic E-state index is 11.9. The fourth-order valence-corrected chi connectivity index (χ4v) is 2.61. The van der Waals surface area contributed by atoms with Gasteiger partial charge in [0.25, 0.3) is 0 Å². The maximum absolute atomic E-state index is 11.9. The van der Waals surface area contributed by atoms with Crippen molar-refractivity contribution in [3.63, 3.8) is 0 Å². The van der Waals surface area contributed by atoms with Crippen LogP contribution in [0.5, 0.6) is 0 Å². The summed E-state index contributed by atoms with van der Waals surface area (Å²) in [5.41, 5.74) is 3.01. The lowest BCUT2D eigenvalue weighted by atomic mass is 10.1. The van der Waals surface area contributed by atoms with Gasteiger partial charge in [-0.3, -0.25) is 4.79 Å². The molecule has 1 N–H and O–H groups in total. The summed E-state index contributed by atoms with van der Waals surface area (Å²) in [6.07, 6.45) is 0.518. The van der Waals surface area contributed by atoms with Crippen LogP contribution in [0.15, 0.2) is 54.6 Å². The fraction of sp³-hybridized carbons (Fsp3) is 0.188. The summed E-state index contributed by atoms with van der Waals surface area (Å²) < 4.78 is -0.881. The van der Waals surface area contributed by atoms with Crippen molar-refractivity contribution in [2.24, 2.45) is 5.92 Å². The molecule has 0 unspecified atom stereocenters. The molecule has 20 heavy (non-hydrogen) atoms. The third kappa shape index (κ3) is 2.82. The number of carbonyl (C=O) groups excluding carboxylic acids is 1. The first kappa shape index (κ1) is 13.5. The number of halogens is 2. The van der Waals surface area contributed by atoms with Crippen LogP contribution in [0.1, 0.15) is 6.42 Å². The lowest BCUT2D eigenvalue weighted by Crippen LogP contribution is -2.16. The topological polar surface area (TPSA) is 29.1 Å². The van der Waals surface area contributed by atoms with E-state index in [0.29, 0.717) is 6.42 Å². The molecule has 1 amide bonds. The van der Waals surface area contributed by atoms with Gasteiger partial charge in [-0.05, 0) is 29.7 Å². The van der Waals surface area contributed by atoms with Crippen molar-refractivity contribution in [2.45, 2.75) is 10.8 Å². The normalized spacial score (nSPS) is 19.4. The summed E-state index contributed by atoms with van der Waals surface area (Å²) >= 11 is 11.8. The minimum absolute atomic E-state index is 0.123. The van der Waals surface area contributed by atoms with E-state index in [1.807, 2.05) is 54.6 Å². The van der Waals surface area contributed by atoms with Crippen LogP contribution in [0.2, 0.25) is 0 Å². The number of hydrogen-bond donors (Lipinski definition) is 1. The zero-order valence-electron chi connectivity index (χ0n) is 10.6.